The minimum Gasteiger partial charge on any atom is -0.481 e. The second-order valence-corrected chi connectivity index (χ2v) is 8.06. The van der Waals surface area contributed by atoms with Crippen molar-refractivity contribution in [1.29, 1.82) is 0 Å². The number of hydrogen-bond acceptors (Lipinski definition) is 7. The van der Waals surface area contributed by atoms with Gasteiger partial charge >= 0.3 is 11.9 Å². The Morgan fingerprint density at radius 1 is 1.03 bits per heavy atom. The first-order chi connectivity index (χ1) is 16.1. The van der Waals surface area contributed by atoms with E-state index < -0.39 is 66.9 Å². The molecule has 4 unspecified atom stereocenters. The molecule has 1 heterocycles. The first kappa shape index (κ1) is 26.7. The summed E-state index contributed by atoms with van der Waals surface area (Å²) >= 11 is 0. The lowest BCUT2D eigenvalue weighted by Crippen LogP contribution is -2.58. The van der Waals surface area contributed by atoms with Crippen LogP contribution in [0.4, 0.5) is 0 Å². The molecule has 1 aromatic carbocycles. The van der Waals surface area contributed by atoms with Crippen LogP contribution in [-0.2, 0) is 30.4 Å². The van der Waals surface area contributed by atoms with Crippen molar-refractivity contribution in [2.45, 2.75) is 56.3 Å². The number of carbonyl (C=O) groups is 5. The van der Waals surface area contributed by atoms with Crippen LogP contribution in [0.1, 0.15) is 31.2 Å². The van der Waals surface area contributed by atoms with Gasteiger partial charge in [-0.25, -0.2) is 4.79 Å². The SMILES string of the molecule is NC(Cc1ccccc1)C(=O)NC(CCC(=O)O)C(=O)NC(CO)C(=O)N1CCCC1C(=O)O. The minimum absolute atomic E-state index is 0.162. The van der Waals surface area contributed by atoms with Crippen LogP contribution in [-0.4, -0.2) is 87.2 Å². The topological polar surface area (TPSA) is 199 Å². The standard InChI is InChI=1S/C22H30N4O8/c23-14(11-13-5-2-1-3-6-13)19(30)24-15(8-9-18(28)29)20(31)25-16(12-27)21(32)26-10-4-7-17(26)22(33)34/h1-3,5-6,14-17,27H,4,7-12,23H2,(H,24,30)(H,25,31)(H,28,29)(H,33,34). The number of carbonyl (C=O) groups excluding carboxylic acids is 3. The van der Waals surface area contributed by atoms with Crippen LogP contribution in [0.5, 0.6) is 0 Å². The molecule has 0 aromatic heterocycles. The highest BCUT2D eigenvalue weighted by Crippen LogP contribution is 2.18. The number of nitrogens with zero attached hydrogens (tertiary/aromatic N) is 1. The maximum Gasteiger partial charge on any atom is 0.326 e. The molecule has 0 bridgehead atoms. The van der Waals surface area contributed by atoms with E-state index >= 15 is 0 Å². The van der Waals surface area contributed by atoms with Crippen molar-refractivity contribution in [2.24, 2.45) is 5.73 Å². The number of aliphatic carboxylic acids is 2. The Balaban J connectivity index is 2.07. The van der Waals surface area contributed by atoms with E-state index in [1.54, 1.807) is 30.3 Å². The Morgan fingerprint density at radius 2 is 1.68 bits per heavy atom. The molecule has 186 valence electrons. The van der Waals surface area contributed by atoms with Gasteiger partial charge in [-0.05, 0) is 31.2 Å². The molecule has 0 radical (unpaired) electrons. The summed E-state index contributed by atoms with van der Waals surface area (Å²) in [6, 6.07) is 4.08. The average Bonchev–Trinajstić information content (AvgIpc) is 3.30. The zero-order valence-electron chi connectivity index (χ0n) is 18.6. The lowest BCUT2D eigenvalue weighted by atomic mass is 10.0. The number of aliphatic hydroxyl groups is 1. The fourth-order valence-electron chi connectivity index (χ4n) is 3.72. The van der Waals surface area contributed by atoms with E-state index in [9.17, 15) is 34.2 Å². The molecule has 3 amide bonds. The van der Waals surface area contributed by atoms with Crippen molar-refractivity contribution in [2.75, 3.05) is 13.2 Å². The van der Waals surface area contributed by atoms with Crippen LogP contribution < -0.4 is 16.4 Å². The monoisotopic (exact) mass is 478 g/mol. The van der Waals surface area contributed by atoms with Gasteiger partial charge in [0.15, 0.2) is 0 Å². The Morgan fingerprint density at radius 3 is 2.26 bits per heavy atom. The third-order valence-electron chi connectivity index (χ3n) is 5.53. The maximum absolute atomic E-state index is 12.8. The first-order valence-electron chi connectivity index (χ1n) is 10.9. The van der Waals surface area contributed by atoms with Gasteiger partial charge in [0.05, 0.1) is 12.6 Å². The van der Waals surface area contributed by atoms with E-state index in [0.717, 1.165) is 10.5 Å². The molecule has 34 heavy (non-hydrogen) atoms. The zero-order chi connectivity index (χ0) is 25.3. The van der Waals surface area contributed by atoms with Crippen LogP contribution >= 0.6 is 0 Å². The number of nitrogens with two attached hydrogens (primary N) is 1. The van der Waals surface area contributed by atoms with E-state index in [0.29, 0.717) is 6.42 Å². The zero-order valence-corrected chi connectivity index (χ0v) is 18.6. The Bertz CT molecular complexity index is 894. The molecular formula is C22H30N4O8. The molecule has 12 heteroatoms. The Kier molecular flexibility index (Phi) is 9.95. The number of amides is 3. The van der Waals surface area contributed by atoms with Gasteiger partial charge in [-0.3, -0.25) is 19.2 Å². The van der Waals surface area contributed by atoms with Crippen LogP contribution in [0.25, 0.3) is 0 Å². The number of aliphatic hydroxyl groups excluding tert-OH is 1. The van der Waals surface area contributed by atoms with Crippen molar-refractivity contribution in [1.82, 2.24) is 15.5 Å². The normalized spacial score (nSPS) is 17.9. The average molecular weight is 479 g/mol. The van der Waals surface area contributed by atoms with Crippen LogP contribution in [0.15, 0.2) is 30.3 Å². The van der Waals surface area contributed by atoms with Crippen molar-refractivity contribution >= 4 is 29.7 Å². The van der Waals surface area contributed by atoms with Gasteiger partial charge in [0.25, 0.3) is 0 Å². The fraction of sp³-hybridized carbons (Fsp3) is 0.500. The van der Waals surface area contributed by atoms with E-state index in [1.807, 2.05) is 0 Å². The molecule has 1 aliphatic heterocycles. The van der Waals surface area contributed by atoms with Gasteiger partial charge in [0.1, 0.15) is 18.1 Å². The Hall–Kier alpha value is -3.51. The molecule has 4 atom stereocenters. The predicted molar refractivity (Wildman–Crippen MR) is 118 cm³/mol. The first-order valence-corrected chi connectivity index (χ1v) is 10.9. The number of likely N-dealkylation sites (tertiary alicyclic amines) is 1. The van der Waals surface area contributed by atoms with Crippen molar-refractivity contribution < 1.29 is 39.3 Å². The summed E-state index contributed by atoms with van der Waals surface area (Å²) in [6.45, 7) is -0.643. The summed E-state index contributed by atoms with van der Waals surface area (Å²) in [7, 11) is 0. The molecular weight excluding hydrogens is 448 g/mol. The van der Waals surface area contributed by atoms with Gasteiger partial charge in [-0.1, -0.05) is 30.3 Å². The third-order valence-corrected chi connectivity index (χ3v) is 5.53. The molecule has 1 saturated heterocycles. The summed E-state index contributed by atoms with van der Waals surface area (Å²) in [5, 5.41) is 32.6. The van der Waals surface area contributed by atoms with Gasteiger partial charge in [-0.15, -0.1) is 0 Å². The van der Waals surface area contributed by atoms with E-state index in [-0.39, 0.29) is 25.8 Å². The quantitative estimate of drug-likeness (QED) is 0.206. The van der Waals surface area contributed by atoms with Gasteiger partial charge in [-0.2, -0.15) is 0 Å². The molecule has 0 aliphatic carbocycles. The molecule has 7 N–H and O–H groups in total. The maximum atomic E-state index is 12.8. The molecule has 1 fully saturated rings. The molecule has 1 aromatic rings. The molecule has 0 saturated carbocycles. The Labute approximate surface area is 196 Å². The second kappa shape index (κ2) is 12.7. The molecule has 1 aliphatic rings. The number of carboxylic acids is 2. The fourth-order valence-corrected chi connectivity index (χ4v) is 3.72. The summed E-state index contributed by atoms with van der Waals surface area (Å²) in [5.74, 6) is -4.73. The third kappa shape index (κ3) is 7.52. The number of carboxylic acid groups (broad SMARTS) is 2. The van der Waals surface area contributed by atoms with Crippen molar-refractivity contribution in [3.05, 3.63) is 35.9 Å². The van der Waals surface area contributed by atoms with Crippen LogP contribution in [0, 0.1) is 0 Å². The highest BCUT2D eigenvalue weighted by atomic mass is 16.4. The molecule has 12 nitrogen and oxygen atoms in total. The summed E-state index contributed by atoms with van der Waals surface area (Å²) < 4.78 is 0. The highest BCUT2D eigenvalue weighted by molar-refractivity contribution is 5.94. The lowest BCUT2D eigenvalue weighted by molar-refractivity contribution is -0.150. The summed E-state index contributed by atoms with van der Waals surface area (Å²) in [5.41, 5.74) is 6.73. The highest BCUT2D eigenvalue weighted by Gasteiger charge is 2.38. The predicted octanol–water partition coefficient (Wildman–Crippen LogP) is -1.54. The van der Waals surface area contributed by atoms with Gasteiger partial charge in [0, 0.05) is 13.0 Å². The number of rotatable bonds is 12. The van der Waals surface area contributed by atoms with Crippen molar-refractivity contribution in [3.8, 4) is 0 Å². The van der Waals surface area contributed by atoms with Crippen LogP contribution in [0.3, 0.4) is 0 Å². The second-order valence-electron chi connectivity index (χ2n) is 8.06. The largest absolute Gasteiger partial charge is 0.481 e. The smallest absolute Gasteiger partial charge is 0.326 e. The molecule has 0 spiro atoms. The van der Waals surface area contributed by atoms with E-state index in [4.69, 9.17) is 10.8 Å². The summed E-state index contributed by atoms with van der Waals surface area (Å²) in [6.07, 6.45) is 0.175. The summed E-state index contributed by atoms with van der Waals surface area (Å²) in [4.78, 5) is 61.6. The van der Waals surface area contributed by atoms with Crippen LogP contribution in [0.2, 0.25) is 0 Å². The number of benzene rings is 1. The number of hydrogen-bond donors (Lipinski definition) is 6. The van der Waals surface area contributed by atoms with E-state index in [1.165, 1.54) is 0 Å². The lowest BCUT2D eigenvalue weighted by Gasteiger charge is -2.28. The molecule has 2 rings (SSSR count). The minimum atomic E-state index is -1.45. The van der Waals surface area contributed by atoms with Gasteiger partial charge in [0.2, 0.25) is 17.7 Å². The van der Waals surface area contributed by atoms with E-state index in [2.05, 4.69) is 10.6 Å². The van der Waals surface area contributed by atoms with Crippen molar-refractivity contribution in [3.63, 3.8) is 0 Å². The van der Waals surface area contributed by atoms with Gasteiger partial charge < -0.3 is 36.6 Å². The number of nitrogens with one attached hydrogen (secondary N) is 2.